The van der Waals surface area contributed by atoms with E-state index in [1.807, 2.05) is 18.2 Å². The first-order valence-electron chi connectivity index (χ1n) is 11.2. The molecule has 1 aliphatic heterocycles. The number of esters is 1. The first kappa shape index (κ1) is 21.9. The third kappa shape index (κ3) is 8.47. The summed E-state index contributed by atoms with van der Waals surface area (Å²) in [4.78, 5) is 11.7. The summed E-state index contributed by atoms with van der Waals surface area (Å²) in [5.74, 6) is -0.267. The summed E-state index contributed by atoms with van der Waals surface area (Å²) in [6.07, 6.45) is 18.4. The van der Waals surface area contributed by atoms with Crippen molar-refractivity contribution in [3.8, 4) is 0 Å². The van der Waals surface area contributed by atoms with E-state index in [-0.39, 0.29) is 5.97 Å². The Morgan fingerprint density at radius 3 is 1.89 bits per heavy atom. The normalized spacial score (nSPS) is 15.7. The lowest BCUT2D eigenvalue weighted by atomic mass is 10.0. The SMILES string of the molecule is CCCCCCCCCCCCCCCCOC1OC(=O)c2ccccc21. The molecule has 1 atom stereocenters. The molecule has 0 aliphatic carbocycles. The summed E-state index contributed by atoms with van der Waals surface area (Å²) < 4.78 is 11.1. The number of hydrogen-bond acceptors (Lipinski definition) is 3. The molecule has 1 aromatic carbocycles. The van der Waals surface area contributed by atoms with Gasteiger partial charge in [0.1, 0.15) is 0 Å². The fourth-order valence-corrected chi connectivity index (χ4v) is 3.72. The van der Waals surface area contributed by atoms with Gasteiger partial charge in [-0.1, -0.05) is 109 Å². The minimum Gasteiger partial charge on any atom is -0.428 e. The van der Waals surface area contributed by atoms with Gasteiger partial charge in [0.25, 0.3) is 0 Å². The Morgan fingerprint density at radius 1 is 0.778 bits per heavy atom. The first-order valence-corrected chi connectivity index (χ1v) is 11.2. The van der Waals surface area contributed by atoms with Crippen LogP contribution in [-0.4, -0.2) is 12.6 Å². The standard InChI is InChI=1S/C24H38O3/c1-2-3-4-5-6-7-8-9-10-11-12-13-14-17-20-26-24-22-19-16-15-18-21(22)23(25)27-24/h15-16,18-19,24H,2-14,17,20H2,1H3. The lowest BCUT2D eigenvalue weighted by Crippen LogP contribution is -2.05. The third-order valence-electron chi connectivity index (χ3n) is 5.42. The number of ether oxygens (including phenoxy) is 2. The lowest BCUT2D eigenvalue weighted by Gasteiger charge is -2.11. The molecule has 3 heteroatoms. The Hall–Kier alpha value is -1.35. The van der Waals surface area contributed by atoms with E-state index in [4.69, 9.17) is 9.47 Å². The van der Waals surface area contributed by atoms with Gasteiger partial charge in [0.15, 0.2) is 0 Å². The average molecular weight is 375 g/mol. The molecule has 0 radical (unpaired) electrons. The van der Waals surface area contributed by atoms with Crippen LogP contribution in [0.5, 0.6) is 0 Å². The summed E-state index contributed by atoms with van der Waals surface area (Å²) >= 11 is 0. The highest BCUT2D eigenvalue weighted by molar-refractivity contribution is 5.93. The van der Waals surface area contributed by atoms with Crippen LogP contribution in [0.1, 0.15) is 119 Å². The predicted octanol–water partition coefficient (Wildman–Crippen LogP) is 7.35. The van der Waals surface area contributed by atoms with Gasteiger partial charge in [-0.3, -0.25) is 0 Å². The van der Waals surface area contributed by atoms with Crippen LogP contribution >= 0.6 is 0 Å². The molecule has 0 saturated heterocycles. The number of unbranched alkanes of at least 4 members (excludes halogenated alkanes) is 13. The largest absolute Gasteiger partial charge is 0.428 e. The van der Waals surface area contributed by atoms with Crippen molar-refractivity contribution in [2.24, 2.45) is 0 Å². The Morgan fingerprint density at radius 2 is 1.30 bits per heavy atom. The molecule has 0 fully saturated rings. The molecule has 1 heterocycles. The highest BCUT2D eigenvalue weighted by atomic mass is 16.7. The average Bonchev–Trinajstić information content (AvgIpc) is 3.01. The highest BCUT2D eigenvalue weighted by Gasteiger charge is 2.30. The molecular weight excluding hydrogens is 336 g/mol. The summed E-state index contributed by atoms with van der Waals surface area (Å²) in [5, 5.41) is 0. The van der Waals surface area contributed by atoms with E-state index in [0.29, 0.717) is 12.2 Å². The molecule has 0 saturated carbocycles. The van der Waals surface area contributed by atoms with Crippen LogP contribution in [0.15, 0.2) is 24.3 Å². The molecule has 3 nitrogen and oxygen atoms in total. The van der Waals surface area contributed by atoms with E-state index >= 15 is 0 Å². The Balaban J connectivity index is 1.36. The van der Waals surface area contributed by atoms with Crippen LogP contribution in [0.4, 0.5) is 0 Å². The van der Waals surface area contributed by atoms with Crippen molar-refractivity contribution in [2.45, 2.75) is 103 Å². The van der Waals surface area contributed by atoms with Crippen LogP contribution < -0.4 is 0 Å². The van der Waals surface area contributed by atoms with Crippen molar-refractivity contribution < 1.29 is 14.3 Å². The smallest absolute Gasteiger partial charge is 0.341 e. The van der Waals surface area contributed by atoms with Crippen LogP contribution in [-0.2, 0) is 9.47 Å². The Bertz CT molecular complexity index is 526. The van der Waals surface area contributed by atoms with Crippen molar-refractivity contribution in [3.05, 3.63) is 35.4 Å². The summed E-state index contributed by atoms with van der Waals surface area (Å²) in [6, 6.07) is 7.49. The van der Waals surface area contributed by atoms with Crippen LogP contribution in [0.25, 0.3) is 0 Å². The van der Waals surface area contributed by atoms with Crippen LogP contribution in [0.3, 0.4) is 0 Å². The topological polar surface area (TPSA) is 35.5 Å². The zero-order valence-corrected chi connectivity index (χ0v) is 17.2. The van der Waals surface area contributed by atoms with Gasteiger partial charge in [-0.2, -0.15) is 0 Å². The zero-order chi connectivity index (χ0) is 19.2. The van der Waals surface area contributed by atoms with E-state index in [1.54, 1.807) is 6.07 Å². The molecule has 1 unspecified atom stereocenters. The van der Waals surface area contributed by atoms with Crippen molar-refractivity contribution in [1.82, 2.24) is 0 Å². The molecule has 0 N–H and O–H groups in total. The molecule has 0 bridgehead atoms. The summed E-state index contributed by atoms with van der Waals surface area (Å²) in [5.41, 5.74) is 1.51. The predicted molar refractivity (Wildman–Crippen MR) is 111 cm³/mol. The number of fused-ring (bicyclic) bond motifs is 1. The molecule has 1 aliphatic rings. The van der Waals surface area contributed by atoms with Crippen molar-refractivity contribution in [1.29, 1.82) is 0 Å². The van der Waals surface area contributed by atoms with E-state index in [1.165, 1.54) is 83.5 Å². The number of rotatable bonds is 16. The van der Waals surface area contributed by atoms with Crippen LogP contribution in [0, 0.1) is 0 Å². The highest BCUT2D eigenvalue weighted by Crippen LogP contribution is 2.31. The molecular formula is C24H38O3. The molecule has 1 aromatic rings. The van der Waals surface area contributed by atoms with Gasteiger partial charge >= 0.3 is 5.97 Å². The van der Waals surface area contributed by atoms with Crippen molar-refractivity contribution in [2.75, 3.05) is 6.61 Å². The zero-order valence-electron chi connectivity index (χ0n) is 17.2. The van der Waals surface area contributed by atoms with E-state index in [0.717, 1.165) is 12.0 Å². The van der Waals surface area contributed by atoms with Crippen molar-refractivity contribution in [3.63, 3.8) is 0 Å². The second-order valence-electron chi connectivity index (χ2n) is 7.79. The van der Waals surface area contributed by atoms with Crippen LogP contribution in [0.2, 0.25) is 0 Å². The van der Waals surface area contributed by atoms with Gasteiger partial charge in [-0.15, -0.1) is 0 Å². The first-order chi connectivity index (χ1) is 13.3. The molecule has 0 aromatic heterocycles. The molecule has 0 spiro atoms. The molecule has 0 amide bonds. The van der Waals surface area contributed by atoms with Gasteiger partial charge in [0, 0.05) is 5.56 Å². The fourth-order valence-electron chi connectivity index (χ4n) is 3.72. The maximum absolute atomic E-state index is 11.7. The lowest BCUT2D eigenvalue weighted by molar-refractivity contribution is -0.104. The van der Waals surface area contributed by atoms with Gasteiger partial charge in [-0.05, 0) is 12.5 Å². The molecule has 152 valence electrons. The van der Waals surface area contributed by atoms with Gasteiger partial charge in [0.05, 0.1) is 12.2 Å². The number of carbonyl (C=O) groups is 1. The number of carbonyl (C=O) groups excluding carboxylic acids is 1. The Labute approximate surface area is 165 Å². The number of cyclic esters (lactones) is 1. The summed E-state index contributed by atoms with van der Waals surface area (Å²) in [7, 11) is 0. The summed E-state index contributed by atoms with van der Waals surface area (Å²) in [6.45, 7) is 2.93. The molecule has 2 rings (SSSR count). The maximum Gasteiger partial charge on any atom is 0.341 e. The minimum absolute atomic E-state index is 0.267. The number of benzene rings is 1. The fraction of sp³-hybridized carbons (Fsp3) is 0.708. The third-order valence-corrected chi connectivity index (χ3v) is 5.42. The second-order valence-corrected chi connectivity index (χ2v) is 7.79. The second kappa shape index (κ2) is 13.8. The Kier molecular flexibility index (Phi) is 11.2. The molecule has 27 heavy (non-hydrogen) atoms. The van der Waals surface area contributed by atoms with Gasteiger partial charge < -0.3 is 9.47 Å². The van der Waals surface area contributed by atoms with E-state index in [2.05, 4.69) is 6.92 Å². The minimum atomic E-state index is -0.504. The van der Waals surface area contributed by atoms with E-state index in [9.17, 15) is 4.79 Å². The van der Waals surface area contributed by atoms with Gasteiger partial charge in [0.2, 0.25) is 6.29 Å². The van der Waals surface area contributed by atoms with Gasteiger partial charge in [-0.25, -0.2) is 4.79 Å². The number of hydrogen-bond donors (Lipinski definition) is 0. The monoisotopic (exact) mass is 374 g/mol. The van der Waals surface area contributed by atoms with Crippen molar-refractivity contribution >= 4 is 5.97 Å². The quantitative estimate of drug-likeness (QED) is 0.224. The van der Waals surface area contributed by atoms with E-state index < -0.39 is 6.29 Å². The maximum atomic E-state index is 11.7.